The molecule has 3 aromatic rings. The fourth-order valence-electron chi connectivity index (χ4n) is 4.37. The summed E-state index contributed by atoms with van der Waals surface area (Å²) in [7, 11) is -1.11. The standard InChI is InChI=1S/C31H39N3O6S/c1-6-19-32-31(36)29(7-2)33(21-24-9-8-10-27(20-24)40-5)30(35)22-34(25-13-11-23(3)12-14-25)41(37,38)28-17-15-26(39-4)16-18-28/h8-18,20,29H,6-7,19,21-22H2,1-5H3,(H,32,36)/t29-/m1/s1. The van der Waals surface area contributed by atoms with E-state index in [2.05, 4.69) is 5.32 Å². The van der Waals surface area contributed by atoms with Crippen molar-refractivity contribution >= 4 is 27.5 Å². The molecule has 2 amide bonds. The largest absolute Gasteiger partial charge is 0.497 e. The van der Waals surface area contributed by atoms with Crippen LogP contribution in [-0.4, -0.2) is 58.5 Å². The number of hydrogen-bond acceptors (Lipinski definition) is 6. The minimum Gasteiger partial charge on any atom is -0.497 e. The third kappa shape index (κ3) is 8.00. The Hall–Kier alpha value is -4.05. The molecule has 220 valence electrons. The number of nitrogens with zero attached hydrogens (tertiary/aromatic N) is 2. The van der Waals surface area contributed by atoms with Gasteiger partial charge in [0.25, 0.3) is 10.0 Å². The van der Waals surface area contributed by atoms with Crippen LogP contribution in [0, 0.1) is 6.92 Å². The number of anilines is 1. The highest BCUT2D eigenvalue weighted by Crippen LogP contribution is 2.27. The molecule has 0 saturated carbocycles. The average Bonchev–Trinajstić information content (AvgIpc) is 2.99. The Morgan fingerprint density at radius 2 is 1.56 bits per heavy atom. The molecule has 1 N–H and O–H groups in total. The zero-order valence-corrected chi connectivity index (χ0v) is 25.1. The fraction of sp³-hybridized carbons (Fsp3) is 0.355. The number of methoxy groups -OCH3 is 2. The van der Waals surface area contributed by atoms with E-state index < -0.39 is 28.5 Å². The Bertz CT molecular complexity index is 1410. The van der Waals surface area contributed by atoms with Gasteiger partial charge in [-0.1, -0.05) is 43.7 Å². The number of carbonyl (C=O) groups is 2. The Labute approximate surface area is 243 Å². The number of amides is 2. The lowest BCUT2D eigenvalue weighted by Crippen LogP contribution is -2.52. The van der Waals surface area contributed by atoms with E-state index in [1.165, 1.54) is 24.1 Å². The van der Waals surface area contributed by atoms with Gasteiger partial charge in [-0.3, -0.25) is 13.9 Å². The first-order chi connectivity index (χ1) is 19.6. The molecule has 0 spiro atoms. The third-order valence-electron chi connectivity index (χ3n) is 6.67. The minimum atomic E-state index is -4.16. The van der Waals surface area contributed by atoms with E-state index in [4.69, 9.17) is 9.47 Å². The number of sulfonamides is 1. The molecule has 0 aliphatic rings. The summed E-state index contributed by atoms with van der Waals surface area (Å²) in [4.78, 5) is 28.8. The summed E-state index contributed by atoms with van der Waals surface area (Å²) >= 11 is 0. The summed E-state index contributed by atoms with van der Waals surface area (Å²) in [5.41, 5.74) is 2.03. The predicted octanol–water partition coefficient (Wildman–Crippen LogP) is 4.54. The normalized spacial score (nSPS) is 11.8. The molecule has 0 radical (unpaired) electrons. The van der Waals surface area contributed by atoms with Gasteiger partial charge >= 0.3 is 0 Å². The van der Waals surface area contributed by atoms with Crippen molar-refractivity contribution in [3.8, 4) is 11.5 Å². The molecular weight excluding hydrogens is 542 g/mol. The number of benzene rings is 3. The Morgan fingerprint density at radius 1 is 0.902 bits per heavy atom. The second-order valence-electron chi connectivity index (χ2n) is 9.61. The van der Waals surface area contributed by atoms with Gasteiger partial charge in [-0.05, 0) is 73.9 Å². The molecule has 0 heterocycles. The third-order valence-corrected chi connectivity index (χ3v) is 8.46. The number of nitrogens with one attached hydrogen (secondary N) is 1. The van der Waals surface area contributed by atoms with E-state index in [1.807, 2.05) is 32.9 Å². The molecule has 9 nitrogen and oxygen atoms in total. The first-order valence-corrected chi connectivity index (χ1v) is 15.0. The maximum Gasteiger partial charge on any atom is 0.264 e. The van der Waals surface area contributed by atoms with Crippen molar-refractivity contribution in [2.24, 2.45) is 0 Å². The Kier molecular flexibility index (Phi) is 11.2. The van der Waals surface area contributed by atoms with Crippen LogP contribution < -0.4 is 19.1 Å². The van der Waals surface area contributed by atoms with Crippen LogP contribution in [0.5, 0.6) is 11.5 Å². The van der Waals surface area contributed by atoms with Crippen molar-refractivity contribution in [3.63, 3.8) is 0 Å². The molecule has 3 rings (SSSR count). The summed E-state index contributed by atoms with van der Waals surface area (Å²) in [6.07, 6.45) is 1.09. The Balaban J connectivity index is 2.05. The number of carbonyl (C=O) groups excluding carboxylic acids is 2. The van der Waals surface area contributed by atoms with Gasteiger partial charge in [0.2, 0.25) is 11.8 Å². The van der Waals surface area contributed by atoms with Gasteiger partial charge in [0.05, 0.1) is 24.8 Å². The van der Waals surface area contributed by atoms with Gasteiger partial charge in [0.15, 0.2) is 0 Å². The molecule has 1 atom stereocenters. The van der Waals surface area contributed by atoms with Gasteiger partial charge in [-0.2, -0.15) is 0 Å². The second kappa shape index (κ2) is 14.5. The van der Waals surface area contributed by atoms with Gasteiger partial charge in [0, 0.05) is 13.1 Å². The number of hydrogen-bond donors (Lipinski definition) is 1. The zero-order valence-electron chi connectivity index (χ0n) is 24.3. The van der Waals surface area contributed by atoms with E-state index in [1.54, 1.807) is 55.6 Å². The monoisotopic (exact) mass is 581 g/mol. The molecule has 41 heavy (non-hydrogen) atoms. The van der Waals surface area contributed by atoms with E-state index in [0.717, 1.165) is 21.9 Å². The lowest BCUT2D eigenvalue weighted by atomic mass is 10.1. The fourth-order valence-corrected chi connectivity index (χ4v) is 5.78. The summed E-state index contributed by atoms with van der Waals surface area (Å²) in [6.45, 7) is 5.74. The van der Waals surface area contributed by atoms with Crippen molar-refractivity contribution < 1.29 is 27.5 Å². The topological polar surface area (TPSA) is 105 Å². The molecule has 0 bridgehead atoms. The molecular formula is C31H39N3O6S. The first-order valence-electron chi connectivity index (χ1n) is 13.6. The van der Waals surface area contributed by atoms with E-state index in [-0.39, 0.29) is 17.3 Å². The van der Waals surface area contributed by atoms with Crippen LogP contribution in [-0.2, 0) is 26.2 Å². The minimum absolute atomic E-state index is 0.0127. The lowest BCUT2D eigenvalue weighted by molar-refractivity contribution is -0.140. The average molecular weight is 582 g/mol. The van der Waals surface area contributed by atoms with Gasteiger partial charge in [0.1, 0.15) is 24.1 Å². The van der Waals surface area contributed by atoms with Crippen LogP contribution in [0.3, 0.4) is 0 Å². The lowest BCUT2D eigenvalue weighted by Gasteiger charge is -2.33. The van der Waals surface area contributed by atoms with Crippen molar-refractivity contribution in [1.29, 1.82) is 0 Å². The summed E-state index contributed by atoms with van der Waals surface area (Å²) in [5.74, 6) is 0.325. The van der Waals surface area contributed by atoms with Crippen LogP contribution >= 0.6 is 0 Å². The highest BCUT2D eigenvalue weighted by Gasteiger charge is 2.33. The maximum atomic E-state index is 14.1. The van der Waals surface area contributed by atoms with Crippen molar-refractivity contribution in [1.82, 2.24) is 10.2 Å². The van der Waals surface area contributed by atoms with Crippen LogP contribution in [0.15, 0.2) is 77.7 Å². The molecule has 3 aromatic carbocycles. The zero-order chi connectivity index (χ0) is 30.0. The number of rotatable bonds is 14. The first kappa shape index (κ1) is 31.5. The predicted molar refractivity (Wildman–Crippen MR) is 160 cm³/mol. The van der Waals surface area contributed by atoms with Gasteiger partial charge < -0.3 is 19.7 Å². The highest BCUT2D eigenvalue weighted by molar-refractivity contribution is 7.92. The van der Waals surface area contributed by atoms with Crippen LogP contribution in [0.25, 0.3) is 0 Å². The molecule has 0 aliphatic heterocycles. The van der Waals surface area contributed by atoms with E-state index >= 15 is 0 Å². The number of aryl methyl sites for hydroxylation is 1. The SMILES string of the molecule is CCCNC(=O)[C@@H](CC)N(Cc1cccc(OC)c1)C(=O)CN(c1ccc(C)cc1)S(=O)(=O)c1ccc(OC)cc1. The van der Waals surface area contributed by atoms with Crippen molar-refractivity contribution in [2.75, 3.05) is 31.6 Å². The molecule has 10 heteroatoms. The quantitative estimate of drug-likeness (QED) is 0.300. The smallest absolute Gasteiger partial charge is 0.264 e. The maximum absolute atomic E-state index is 14.1. The second-order valence-corrected chi connectivity index (χ2v) is 11.5. The summed E-state index contributed by atoms with van der Waals surface area (Å²) in [6, 6.07) is 19.4. The number of ether oxygens (including phenoxy) is 2. The summed E-state index contributed by atoms with van der Waals surface area (Å²) in [5, 5.41) is 2.88. The molecule has 0 fully saturated rings. The van der Waals surface area contributed by atoms with Crippen LogP contribution in [0.2, 0.25) is 0 Å². The van der Waals surface area contributed by atoms with Crippen molar-refractivity contribution in [2.45, 2.75) is 51.1 Å². The van der Waals surface area contributed by atoms with Crippen LogP contribution in [0.4, 0.5) is 5.69 Å². The Morgan fingerprint density at radius 3 is 2.15 bits per heavy atom. The van der Waals surface area contributed by atoms with Crippen molar-refractivity contribution in [3.05, 3.63) is 83.9 Å². The molecule has 0 aliphatic carbocycles. The summed E-state index contributed by atoms with van der Waals surface area (Å²) < 4.78 is 39.5. The molecule has 0 aromatic heterocycles. The van der Waals surface area contributed by atoms with Crippen LogP contribution in [0.1, 0.15) is 37.8 Å². The van der Waals surface area contributed by atoms with E-state index in [0.29, 0.717) is 30.2 Å². The molecule has 0 saturated heterocycles. The molecule has 0 unspecified atom stereocenters. The van der Waals surface area contributed by atoms with Gasteiger partial charge in [-0.25, -0.2) is 8.42 Å². The van der Waals surface area contributed by atoms with E-state index in [9.17, 15) is 18.0 Å². The highest BCUT2D eigenvalue weighted by atomic mass is 32.2. The van der Waals surface area contributed by atoms with Gasteiger partial charge in [-0.15, -0.1) is 0 Å².